The first kappa shape index (κ1) is 20.7. The number of nitrogens with one attached hydrogen (secondary N) is 2. The molecule has 1 fully saturated rings. The number of halogens is 3. The second kappa shape index (κ2) is 8.88. The topological polar surface area (TPSA) is 73.8 Å². The van der Waals surface area contributed by atoms with Gasteiger partial charge in [-0.1, -0.05) is 12.1 Å². The highest BCUT2D eigenvalue weighted by Gasteiger charge is 2.30. The summed E-state index contributed by atoms with van der Waals surface area (Å²) in [6.07, 6.45) is -3.08. The Kier molecular flexibility index (Phi) is 6.81. The third-order valence-electron chi connectivity index (χ3n) is 4.30. The third-order valence-corrected chi connectivity index (χ3v) is 4.30. The van der Waals surface area contributed by atoms with Crippen LogP contribution in [-0.4, -0.2) is 42.8 Å². The number of hydrogen-bond donors (Lipinski definition) is 2. The SMILES string of the molecule is CN=C(NCCN1C(=O)CCCC1=O)NC(C)c1cccc(C(F)(F)F)c1. The Balaban J connectivity index is 1.91. The molecule has 1 aliphatic heterocycles. The van der Waals surface area contributed by atoms with E-state index in [2.05, 4.69) is 15.6 Å². The van der Waals surface area contributed by atoms with Gasteiger partial charge < -0.3 is 10.6 Å². The minimum atomic E-state index is -4.40. The van der Waals surface area contributed by atoms with Crippen LogP contribution in [0.25, 0.3) is 0 Å². The zero-order chi connectivity index (χ0) is 20.0. The lowest BCUT2D eigenvalue weighted by Gasteiger charge is -2.25. The van der Waals surface area contributed by atoms with Gasteiger partial charge in [0.1, 0.15) is 0 Å². The van der Waals surface area contributed by atoms with E-state index >= 15 is 0 Å². The molecular formula is C18H23F3N4O2. The van der Waals surface area contributed by atoms with Gasteiger partial charge in [0.2, 0.25) is 11.8 Å². The van der Waals surface area contributed by atoms with E-state index < -0.39 is 17.8 Å². The number of aliphatic imine (C=N–C) groups is 1. The van der Waals surface area contributed by atoms with Gasteiger partial charge in [-0.2, -0.15) is 13.2 Å². The van der Waals surface area contributed by atoms with Gasteiger partial charge in [-0.15, -0.1) is 0 Å². The molecule has 1 atom stereocenters. The van der Waals surface area contributed by atoms with Crippen molar-refractivity contribution in [3.8, 4) is 0 Å². The molecule has 1 aromatic carbocycles. The molecule has 0 spiro atoms. The Hall–Kier alpha value is -2.58. The Labute approximate surface area is 155 Å². The Morgan fingerprint density at radius 3 is 2.52 bits per heavy atom. The standard InChI is InChI=1S/C18H23F3N4O2/c1-12(13-5-3-6-14(11-13)18(19,20)21)24-17(22-2)23-9-10-25-15(26)7-4-8-16(25)27/h3,5-6,11-12H,4,7-10H2,1-2H3,(H2,22,23,24). The van der Waals surface area contributed by atoms with Gasteiger partial charge in [-0.3, -0.25) is 19.5 Å². The molecule has 6 nitrogen and oxygen atoms in total. The predicted molar refractivity (Wildman–Crippen MR) is 94.9 cm³/mol. The van der Waals surface area contributed by atoms with Crippen molar-refractivity contribution < 1.29 is 22.8 Å². The molecule has 2 rings (SSSR count). The van der Waals surface area contributed by atoms with E-state index in [9.17, 15) is 22.8 Å². The second-order valence-corrected chi connectivity index (χ2v) is 6.28. The fourth-order valence-corrected chi connectivity index (χ4v) is 2.80. The van der Waals surface area contributed by atoms with Crippen molar-refractivity contribution in [2.45, 2.75) is 38.4 Å². The normalized spacial score (nSPS) is 17.1. The Bertz CT molecular complexity index is 703. The molecule has 0 aliphatic carbocycles. The molecule has 9 heteroatoms. The minimum absolute atomic E-state index is 0.187. The zero-order valence-electron chi connectivity index (χ0n) is 15.3. The molecular weight excluding hydrogens is 361 g/mol. The summed E-state index contributed by atoms with van der Waals surface area (Å²) in [5.41, 5.74) is -0.243. The Morgan fingerprint density at radius 2 is 1.93 bits per heavy atom. The van der Waals surface area contributed by atoms with Gasteiger partial charge in [-0.25, -0.2) is 0 Å². The average Bonchev–Trinajstić information content (AvgIpc) is 2.62. The fraction of sp³-hybridized carbons (Fsp3) is 0.500. The number of piperidine rings is 1. The second-order valence-electron chi connectivity index (χ2n) is 6.28. The van der Waals surface area contributed by atoms with Gasteiger partial charge in [-0.05, 0) is 31.0 Å². The predicted octanol–water partition coefficient (Wildman–Crippen LogP) is 2.47. The number of amides is 2. The molecule has 148 valence electrons. The van der Waals surface area contributed by atoms with E-state index in [1.807, 2.05) is 0 Å². The summed E-state index contributed by atoms with van der Waals surface area (Å²) in [5.74, 6) is -0.00141. The highest BCUT2D eigenvalue weighted by molar-refractivity contribution is 5.97. The van der Waals surface area contributed by atoms with E-state index in [1.165, 1.54) is 18.0 Å². The molecule has 0 aromatic heterocycles. The quantitative estimate of drug-likeness (QED) is 0.465. The van der Waals surface area contributed by atoms with E-state index in [4.69, 9.17) is 0 Å². The van der Waals surface area contributed by atoms with Crippen molar-refractivity contribution in [3.05, 3.63) is 35.4 Å². The number of benzene rings is 1. The number of guanidine groups is 1. The lowest BCUT2D eigenvalue weighted by Crippen LogP contribution is -2.46. The summed E-state index contributed by atoms with van der Waals surface area (Å²) in [6.45, 7) is 2.24. The van der Waals surface area contributed by atoms with Crippen LogP contribution in [0.15, 0.2) is 29.3 Å². The first-order chi connectivity index (χ1) is 12.7. The number of carbonyl (C=O) groups excluding carboxylic acids is 2. The van der Waals surface area contributed by atoms with Crippen LogP contribution >= 0.6 is 0 Å². The number of hydrogen-bond acceptors (Lipinski definition) is 3. The summed E-state index contributed by atoms with van der Waals surface area (Å²) < 4.78 is 38.6. The van der Waals surface area contributed by atoms with Crippen LogP contribution < -0.4 is 10.6 Å². The number of alkyl halides is 3. The highest BCUT2D eigenvalue weighted by atomic mass is 19.4. The van der Waals surface area contributed by atoms with E-state index in [-0.39, 0.29) is 18.4 Å². The van der Waals surface area contributed by atoms with Gasteiger partial charge in [0.25, 0.3) is 0 Å². The van der Waals surface area contributed by atoms with Gasteiger partial charge in [0, 0.05) is 33.0 Å². The van der Waals surface area contributed by atoms with Crippen LogP contribution in [0.3, 0.4) is 0 Å². The van der Waals surface area contributed by atoms with Crippen molar-refractivity contribution >= 4 is 17.8 Å². The van der Waals surface area contributed by atoms with Crippen molar-refractivity contribution in [1.82, 2.24) is 15.5 Å². The zero-order valence-corrected chi connectivity index (χ0v) is 15.3. The summed E-state index contributed by atoms with van der Waals surface area (Å²) >= 11 is 0. The van der Waals surface area contributed by atoms with Crippen LogP contribution in [-0.2, 0) is 15.8 Å². The van der Waals surface area contributed by atoms with E-state index in [1.54, 1.807) is 13.0 Å². The average molecular weight is 384 g/mol. The van der Waals surface area contributed by atoms with Crippen molar-refractivity contribution in [2.75, 3.05) is 20.1 Å². The van der Waals surface area contributed by atoms with Crippen LogP contribution in [0.1, 0.15) is 43.4 Å². The summed E-state index contributed by atoms with van der Waals surface area (Å²) in [4.78, 5) is 28.8. The number of imide groups is 1. The molecule has 1 aliphatic rings. The van der Waals surface area contributed by atoms with Gasteiger partial charge in [0.15, 0.2) is 5.96 Å². The molecule has 0 saturated carbocycles. The number of likely N-dealkylation sites (tertiary alicyclic amines) is 1. The van der Waals surface area contributed by atoms with E-state index in [0.29, 0.717) is 37.3 Å². The van der Waals surface area contributed by atoms with Crippen molar-refractivity contribution in [1.29, 1.82) is 0 Å². The Morgan fingerprint density at radius 1 is 1.26 bits per heavy atom. The monoisotopic (exact) mass is 384 g/mol. The van der Waals surface area contributed by atoms with Gasteiger partial charge in [0.05, 0.1) is 11.6 Å². The molecule has 0 radical (unpaired) electrons. The lowest BCUT2D eigenvalue weighted by molar-refractivity contribution is -0.147. The van der Waals surface area contributed by atoms with Crippen LogP contribution in [0.2, 0.25) is 0 Å². The van der Waals surface area contributed by atoms with Crippen molar-refractivity contribution in [3.63, 3.8) is 0 Å². The molecule has 1 aromatic rings. The summed E-state index contributed by atoms with van der Waals surface area (Å²) in [6, 6.07) is 4.66. The van der Waals surface area contributed by atoms with Crippen LogP contribution in [0.4, 0.5) is 13.2 Å². The molecule has 27 heavy (non-hydrogen) atoms. The largest absolute Gasteiger partial charge is 0.416 e. The highest BCUT2D eigenvalue weighted by Crippen LogP contribution is 2.30. The van der Waals surface area contributed by atoms with Crippen molar-refractivity contribution in [2.24, 2.45) is 4.99 Å². The number of nitrogens with zero attached hydrogens (tertiary/aromatic N) is 2. The first-order valence-corrected chi connectivity index (χ1v) is 8.70. The molecule has 1 saturated heterocycles. The van der Waals surface area contributed by atoms with E-state index in [0.717, 1.165) is 12.1 Å². The maximum Gasteiger partial charge on any atom is 0.416 e. The first-order valence-electron chi connectivity index (χ1n) is 8.70. The van der Waals surface area contributed by atoms with Crippen LogP contribution in [0, 0.1) is 0 Å². The maximum atomic E-state index is 12.9. The molecule has 1 unspecified atom stereocenters. The number of carbonyl (C=O) groups is 2. The summed E-state index contributed by atoms with van der Waals surface area (Å²) in [7, 11) is 1.53. The molecule has 1 heterocycles. The molecule has 2 amide bonds. The smallest absolute Gasteiger partial charge is 0.355 e. The minimum Gasteiger partial charge on any atom is -0.355 e. The van der Waals surface area contributed by atoms with Crippen LogP contribution in [0.5, 0.6) is 0 Å². The lowest BCUT2D eigenvalue weighted by atomic mass is 10.1. The fourth-order valence-electron chi connectivity index (χ4n) is 2.80. The van der Waals surface area contributed by atoms with Gasteiger partial charge >= 0.3 is 6.18 Å². The molecule has 0 bridgehead atoms. The molecule has 2 N–H and O–H groups in total. The number of rotatable bonds is 5. The third kappa shape index (κ3) is 5.70. The maximum absolute atomic E-state index is 12.9. The summed E-state index contributed by atoms with van der Waals surface area (Å²) in [5, 5.41) is 5.98.